The minimum Gasteiger partial charge on any atom is -0.393 e. The lowest BCUT2D eigenvalue weighted by atomic mass is 9.78. The number of likely N-dealkylation sites (tertiary alicyclic amines) is 1. The first-order valence-electron chi connectivity index (χ1n) is 13.1. The highest BCUT2D eigenvalue weighted by Gasteiger charge is 2.53. The molecule has 2 aliphatic heterocycles. The number of urea groups is 1. The second-order valence-electron chi connectivity index (χ2n) is 11.4. The monoisotopic (exact) mass is 538 g/mol. The van der Waals surface area contributed by atoms with Crippen molar-refractivity contribution in [1.82, 2.24) is 29.9 Å². The number of carbonyl (C=O) groups is 1. The first kappa shape index (κ1) is 26.0. The van der Waals surface area contributed by atoms with Gasteiger partial charge in [0.25, 0.3) is 0 Å². The maximum atomic E-state index is 15.1. The van der Waals surface area contributed by atoms with Crippen molar-refractivity contribution in [3.8, 4) is 11.4 Å². The van der Waals surface area contributed by atoms with Gasteiger partial charge in [-0.15, -0.1) is 0 Å². The van der Waals surface area contributed by atoms with Gasteiger partial charge in [0, 0.05) is 38.5 Å². The van der Waals surface area contributed by atoms with E-state index in [9.17, 15) is 15.0 Å². The van der Waals surface area contributed by atoms with Crippen LogP contribution in [0.1, 0.15) is 39.5 Å². The van der Waals surface area contributed by atoms with E-state index in [4.69, 9.17) is 12.6 Å². The number of aromatic nitrogens is 5. The minimum atomic E-state index is -2.46. The van der Waals surface area contributed by atoms with E-state index in [0.717, 1.165) is 17.5 Å². The second-order valence-corrected chi connectivity index (χ2v) is 11.4. The topological polar surface area (TPSA) is 145 Å². The number of H-pyrrole nitrogens is 1. The van der Waals surface area contributed by atoms with Crippen LogP contribution in [0.3, 0.4) is 0 Å². The molecule has 3 aromatic heterocycles. The predicted octanol–water partition coefficient (Wildman–Crippen LogP) is 1.70. The number of aliphatic hydroxyl groups is 2. The van der Waals surface area contributed by atoms with E-state index in [-0.39, 0.29) is 23.8 Å². The number of piperidine rings is 1. The number of anilines is 2. The number of rotatable bonds is 6. The van der Waals surface area contributed by atoms with Gasteiger partial charge in [0.05, 0.1) is 40.7 Å². The third-order valence-corrected chi connectivity index (χ3v) is 8.31. The minimum absolute atomic E-state index is 0.0425. The Balaban J connectivity index is 1.35. The Hall–Kier alpha value is -3.23. The molecule has 2 unspecified atom stereocenters. The SMILES string of the molecule is [B]C(O)(n1nc(N2CC(OC)C2)c2cnc(-c3[nH]ncc3NC(=O)N3CCC(O)CC34CC4)cc21)C(C)(C)F. The Morgan fingerprint density at radius 2 is 2.08 bits per heavy atom. The molecular weight excluding hydrogens is 506 g/mol. The Labute approximate surface area is 225 Å². The summed E-state index contributed by atoms with van der Waals surface area (Å²) in [6.07, 6.45) is 5.59. The first-order chi connectivity index (χ1) is 18.4. The van der Waals surface area contributed by atoms with Gasteiger partial charge in [-0.3, -0.25) is 10.1 Å². The van der Waals surface area contributed by atoms with Crippen LogP contribution >= 0.6 is 0 Å². The Morgan fingerprint density at radius 3 is 2.74 bits per heavy atom. The molecule has 1 spiro atoms. The summed E-state index contributed by atoms with van der Waals surface area (Å²) in [6, 6.07) is 1.36. The van der Waals surface area contributed by atoms with Crippen LogP contribution in [0.5, 0.6) is 0 Å². The molecule has 5 heterocycles. The number of hydrogen-bond acceptors (Lipinski definition) is 8. The number of methoxy groups -OCH3 is 1. The summed E-state index contributed by atoms with van der Waals surface area (Å²) in [4.78, 5) is 21.6. The summed E-state index contributed by atoms with van der Waals surface area (Å²) in [5.74, 6) is 0.505. The highest BCUT2D eigenvalue weighted by molar-refractivity contribution is 6.14. The van der Waals surface area contributed by atoms with Gasteiger partial charge in [0.2, 0.25) is 0 Å². The summed E-state index contributed by atoms with van der Waals surface area (Å²) in [5.41, 5.74) is -3.37. The molecular formula is C25H32BFN8O4. The van der Waals surface area contributed by atoms with Crippen LogP contribution in [0, 0.1) is 0 Å². The van der Waals surface area contributed by atoms with Crippen LogP contribution in [0.15, 0.2) is 18.5 Å². The zero-order chi connectivity index (χ0) is 27.7. The molecule has 12 nitrogen and oxygen atoms in total. The van der Waals surface area contributed by atoms with Crippen LogP contribution in [0.25, 0.3) is 22.3 Å². The molecule has 3 aliphatic rings. The molecule has 4 N–H and O–H groups in total. The van der Waals surface area contributed by atoms with E-state index in [0.29, 0.717) is 66.3 Å². The smallest absolute Gasteiger partial charge is 0.322 e. The summed E-state index contributed by atoms with van der Waals surface area (Å²) in [7, 11) is 7.75. The normalized spacial score (nSPS) is 22.7. The maximum Gasteiger partial charge on any atom is 0.322 e. The molecule has 1 saturated carbocycles. The Kier molecular flexibility index (Phi) is 5.94. The van der Waals surface area contributed by atoms with E-state index in [1.807, 2.05) is 4.90 Å². The fourth-order valence-corrected chi connectivity index (χ4v) is 5.50. The molecule has 6 rings (SSSR count). The summed E-state index contributed by atoms with van der Waals surface area (Å²) < 4.78 is 21.5. The summed E-state index contributed by atoms with van der Waals surface area (Å²) >= 11 is 0. The quantitative estimate of drug-likeness (QED) is 0.347. The number of hydrogen-bond donors (Lipinski definition) is 4. The lowest BCUT2D eigenvalue weighted by Gasteiger charge is -2.39. The molecule has 0 bridgehead atoms. The van der Waals surface area contributed by atoms with Gasteiger partial charge in [-0.25, -0.2) is 13.9 Å². The van der Waals surface area contributed by atoms with Crippen LogP contribution in [0.2, 0.25) is 0 Å². The Morgan fingerprint density at radius 1 is 1.33 bits per heavy atom. The van der Waals surface area contributed by atoms with Crippen LogP contribution in [0.4, 0.5) is 20.7 Å². The van der Waals surface area contributed by atoms with Crippen molar-refractivity contribution >= 4 is 36.3 Å². The average Bonchev–Trinajstić information content (AvgIpc) is 3.27. The molecule has 2 radical (unpaired) electrons. The largest absolute Gasteiger partial charge is 0.393 e. The molecule has 0 aromatic carbocycles. The lowest BCUT2D eigenvalue weighted by molar-refractivity contribution is -0.0823. The third-order valence-electron chi connectivity index (χ3n) is 8.31. The number of alkyl halides is 1. The molecule has 1 aliphatic carbocycles. The third kappa shape index (κ3) is 4.25. The number of aromatic amines is 1. The standard InChI is InChI=1S/C25H32BFN8O4/c1-23(2,27)25(26,38)35-19-8-17(28-10-16(19)21(32-35)33-12-15(13-33)39-3)20-18(11-29-31-20)30-22(37)34-7-4-14(36)9-24(34)5-6-24/h8,10-11,14-15,36,38H,4-7,9,12-13H2,1-3H3,(H,29,31)(H,30,37). The summed E-state index contributed by atoms with van der Waals surface area (Å²) in [6.45, 7) is 4.00. The van der Waals surface area contributed by atoms with E-state index in [1.54, 1.807) is 24.3 Å². The van der Waals surface area contributed by atoms with Crippen molar-refractivity contribution < 1.29 is 24.1 Å². The van der Waals surface area contributed by atoms with Gasteiger partial charge in [-0.1, -0.05) is 0 Å². The Bertz CT molecular complexity index is 1410. The van der Waals surface area contributed by atoms with E-state index in [2.05, 4.69) is 25.6 Å². The zero-order valence-corrected chi connectivity index (χ0v) is 22.2. The molecule has 39 heavy (non-hydrogen) atoms. The van der Waals surface area contributed by atoms with Gasteiger partial charge in [-0.05, 0) is 45.6 Å². The number of carbonyl (C=O) groups excluding carboxylic acids is 1. The number of amides is 2. The number of ether oxygens (including phenoxy) is 1. The van der Waals surface area contributed by atoms with E-state index >= 15 is 4.39 Å². The molecule has 2 atom stereocenters. The van der Waals surface area contributed by atoms with Gasteiger partial charge in [0.15, 0.2) is 13.7 Å². The highest BCUT2D eigenvalue weighted by atomic mass is 19.1. The number of pyridine rings is 1. The zero-order valence-electron chi connectivity index (χ0n) is 22.2. The molecule has 206 valence electrons. The predicted molar refractivity (Wildman–Crippen MR) is 142 cm³/mol. The van der Waals surface area contributed by atoms with Crippen molar-refractivity contribution in [2.24, 2.45) is 0 Å². The van der Waals surface area contributed by atoms with Crippen LogP contribution in [-0.2, 0) is 10.4 Å². The van der Waals surface area contributed by atoms with Gasteiger partial charge < -0.3 is 30.1 Å². The number of nitrogens with one attached hydrogen (secondary N) is 2. The second kappa shape index (κ2) is 8.90. The fraction of sp³-hybridized carbons (Fsp3) is 0.600. The lowest BCUT2D eigenvalue weighted by Crippen LogP contribution is -2.53. The fourth-order valence-electron chi connectivity index (χ4n) is 5.50. The van der Waals surface area contributed by atoms with Crippen molar-refractivity contribution in [2.45, 2.75) is 68.6 Å². The van der Waals surface area contributed by atoms with E-state index in [1.165, 1.54) is 20.0 Å². The number of nitrogens with zero attached hydrogens (tertiary/aromatic N) is 6. The molecule has 2 amide bonds. The van der Waals surface area contributed by atoms with Crippen molar-refractivity contribution in [2.75, 3.05) is 37.0 Å². The van der Waals surface area contributed by atoms with Crippen LogP contribution < -0.4 is 10.2 Å². The number of aliphatic hydroxyl groups excluding tert-OH is 1. The molecule has 14 heteroatoms. The van der Waals surface area contributed by atoms with Gasteiger partial charge >= 0.3 is 6.03 Å². The van der Waals surface area contributed by atoms with Gasteiger partial charge in [0.1, 0.15) is 17.0 Å². The van der Waals surface area contributed by atoms with Gasteiger partial charge in [-0.2, -0.15) is 10.2 Å². The summed E-state index contributed by atoms with van der Waals surface area (Å²) in [5, 5.41) is 36.2. The number of halogens is 1. The van der Waals surface area contributed by atoms with E-state index < -0.39 is 11.3 Å². The molecule has 2 saturated heterocycles. The number of fused-ring (bicyclic) bond motifs is 1. The maximum absolute atomic E-state index is 15.1. The van der Waals surface area contributed by atoms with Crippen molar-refractivity contribution in [1.29, 1.82) is 0 Å². The van der Waals surface area contributed by atoms with Crippen LogP contribution in [-0.4, -0.2) is 104 Å². The van der Waals surface area contributed by atoms with Crippen molar-refractivity contribution in [3.05, 3.63) is 18.5 Å². The van der Waals surface area contributed by atoms with Crippen molar-refractivity contribution in [3.63, 3.8) is 0 Å². The highest BCUT2D eigenvalue weighted by Crippen LogP contribution is 2.48. The molecule has 3 fully saturated rings. The average molecular weight is 538 g/mol. The molecule has 3 aromatic rings. The first-order valence-corrected chi connectivity index (χ1v) is 13.1.